The summed E-state index contributed by atoms with van der Waals surface area (Å²) >= 11 is 0. The van der Waals surface area contributed by atoms with Crippen LogP contribution < -0.4 is 0 Å². The molecule has 1 amide bonds. The van der Waals surface area contributed by atoms with Crippen molar-refractivity contribution >= 4 is 16.9 Å². The fourth-order valence-corrected chi connectivity index (χ4v) is 4.18. The Morgan fingerprint density at radius 2 is 1.96 bits per heavy atom. The Balaban J connectivity index is 1.45. The molecule has 5 heteroatoms. The Morgan fingerprint density at radius 3 is 2.62 bits per heavy atom. The Morgan fingerprint density at radius 1 is 1.25 bits per heavy atom. The number of hydrogen-bond acceptors (Lipinski definition) is 3. The number of aromatic amines is 1. The van der Waals surface area contributed by atoms with Crippen molar-refractivity contribution in [2.45, 2.75) is 44.4 Å². The Hall–Kier alpha value is -2.35. The number of imidazole rings is 1. The molecule has 1 aliphatic carbocycles. The highest BCUT2D eigenvalue weighted by molar-refractivity contribution is 5.86. The van der Waals surface area contributed by atoms with E-state index in [1.54, 1.807) is 0 Å². The zero-order valence-corrected chi connectivity index (χ0v) is 13.8. The highest BCUT2D eigenvalue weighted by atomic mass is 16.2. The third kappa shape index (κ3) is 2.47. The van der Waals surface area contributed by atoms with Crippen LogP contribution in [0.15, 0.2) is 24.3 Å². The third-order valence-corrected chi connectivity index (χ3v) is 5.66. The highest BCUT2D eigenvalue weighted by Crippen LogP contribution is 2.40. The number of likely N-dealkylation sites (tertiary alicyclic amines) is 1. The van der Waals surface area contributed by atoms with E-state index in [0.29, 0.717) is 5.92 Å². The van der Waals surface area contributed by atoms with Crippen LogP contribution in [0.1, 0.15) is 50.3 Å². The molecule has 1 aromatic carbocycles. The Bertz CT molecular complexity index is 756. The average molecular weight is 322 g/mol. The Labute approximate surface area is 141 Å². The Kier molecular flexibility index (Phi) is 3.76. The number of nitrogens with one attached hydrogen (secondary N) is 1. The molecule has 5 nitrogen and oxygen atoms in total. The number of H-pyrrole nitrogens is 1. The van der Waals surface area contributed by atoms with E-state index in [1.165, 1.54) is 0 Å². The third-order valence-electron chi connectivity index (χ3n) is 5.66. The molecule has 1 aromatic heterocycles. The van der Waals surface area contributed by atoms with E-state index in [0.717, 1.165) is 68.5 Å². The van der Waals surface area contributed by atoms with Gasteiger partial charge >= 0.3 is 0 Å². The van der Waals surface area contributed by atoms with Gasteiger partial charge in [0.15, 0.2) is 0 Å². The molecule has 2 heterocycles. The number of hydrogen-bond donors (Lipinski definition) is 1. The van der Waals surface area contributed by atoms with E-state index in [4.69, 9.17) is 4.98 Å². The number of nitrogens with zero attached hydrogens (tertiary/aromatic N) is 3. The molecular weight excluding hydrogens is 300 g/mol. The number of nitriles is 1. The zero-order chi connectivity index (χ0) is 16.6. The van der Waals surface area contributed by atoms with Gasteiger partial charge in [0.2, 0.25) is 5.91 Å². The number of fused-ring (bicyclic) bond motifs is 1. The van der Waals surface area contributed by atoms with E-state index in [9.17, 15) is 10.1 Å². The molecule has 1 N–H and O–H groups in total. The second kappa shape index (κ2) is 5.94. The van der Waals surface area contributed by atoms with Crippen molar-refractivity contribution in [3.05, 3.63) is 30.1 Å². The van der Waals surface area contributed by atoms with E-state index in [1.807, 2.05) is 29.2 Å². The predicted molar refractivity (Wildman–Crippen MR) is 91.2 cm³/mol. The lowest BCUT2D eigenvalue weighted by Crippen LogP contribution is -2.45. The molecule has 2 aliphatic rings. The normalized spacial score (nSPS) is 21.0. The number of para-hydroxylation sites is 2. The molecule has 0 radical (unpaired) electrons. The summed E-state index contributed by atoms with van der Waals surface area (Å²) in [6.07, 6.45) is 5.27. The van der Waals surface area contributed by atoms with E-state index < -0.39 is 5.41 Å². The average Bonchev–Trinajstić information content (AvgIpc) is 3.28. The highest BCUT2D eigenvalue weighted by Gasteiger charge is 2.44. The zero-order valence-electron chi connectivity index (χ0n) is 13.8. The van der Waals surface area contributed by atoms with Crippen LogP contribution in [-0.4, -0.2) is 33.9 Å². The minimum Gasteiger partial charge on any atom is -0.342 e. The van der Waals surface area contributed by atoms with Crippen LogP contribution in [0.25, 0.3) is 11.0 Å². The number of aromatic nitrogens is 2. The fourth-order valence-electron chi connectivity index (χ4n) is 4.18. The first-order chi connectivity index (χ1) is 11.7. The topological polar surface area (TPSA) is 72.8 Å². The van der Waals surface area contributed by atoms with Gasteiger partial charge in [0.1, 0.15) is 11.2 Å². The van der Waals surface area contributed by atoms with Crippen LogP contribution in [0, 0.1) is 16.7 Å². The summed E-state index contributed by atoms with van der Waals surface area (Å²) in [5.41, 5.74) is 1.33. The van der Waals surface area contributed by atoms with E-state index in [-0.39, 0.29) is 5.91 Å². The molecule has 1 saturated heterocycles. The standard InChI is InChI=1S/C19H22N4O/c20-13-19(9-3-4-10-19)18(24)23-11-7-14(8-12-23)17-21-15-5-1-2-6-16(15)22-17/h1-2,5-6,14H,3-4,7-12H2,(H,21,22). The summed E-state index contributed by atoms with van der Waals surface area (Å²) in [6.45, 7) is 1.45. The van der Waals surface area contributed by atoms with Gasteiger partial charge in [-0.25, -0.2) is 4.98 Å². The summed E-state index contributed by atoms with van der Waals surface area (Å²) in [4.78, 5) is 22.8. The molecule has 1 saturated carbocycles. The van der Waals surface area contributed by atoms with Gasteiger partial charge in [0.25, 0.3) is 0 Å². The van der Waals surface area contributed by atoms with Crippen molar-refractivity contribution in [3.63, 3.8) is 0 Å². The minimum absolute atomic E-state index is 0.0607. The van der Waals surface area contributed by atoms with Crippen molar-refractivity contribution in [1.29, 1.82) is 5.26 Å². The van der Waals surface area contributed by atoms with Crippen molar-refractivity contribution in [3.8, 4) is 6.07 Å². The maximum Gasteiger partial charge on any atom is 0.243 e. The van der Waals surface area contributed by atoms with Gasteiger partial charge in [-0.15, -0.1) is 0 Å². The summed E-state index contributed by atoms with van der Waals surface area (Å²) in [5, 5.41) is 9.52. The molecule has 124 valence electrons. The number of benzene rings is 1. The van der Waals surface area contributed by atoms with Gasteiger partial charge in [0.05, 0.1) is 17.1 Å². The monoisotopic (exact) mass is 322 g/mol. The number of amides is 1. The van der Waals surface area contributed by atoms with Gasteiger partial charge in [-0.1, -0.05) is 25.0 Å². The summed E-state index contributed by atoms with van der Waals surface area (Å²) in [5.74, 6) is 1.45. The molecular formula is C19H22N4O. The van der Waals surface area contributed by atoms with Crippen molar-refractivity contribution < 1.29 is 4.79 Å². The van der Waals surface area contributed by atoms with Gasteiger partial charge in [-0.3, -0.25) is 4.79 Å². The molecule has 1 aliphatic heterocycles. The van der Waals surface area contributed by atoms with Crippen LogP contribution in [-0.2, 0) is 4.79 Å². The molecule has 0 atom stereocenters. The molecule has 0 bridgehead atoms. The first-order valence-electron chi connectivity index (χ1n) is 8.87. The number of carbonyl (C=O) groups is 1. The van der Waals surface area contributed by atoms with Crippen LogP contribution in [0.3, 0.4) is 0 Å². The SMILES string of the molecule is N#CC1(C(=O)N2CCC(c3nc4ccccc4[nH]3)CC2)CCCC1. The number of rotatable bonds is 2. The largest absolute Gasteiger partial charge is 0.342 e. The van der Waals surface area contributed by atoms with Gasteiger partial charge in [-0.2, -0.15) is 5.26 Å². The summed E-state index contributed by atoms with van der Waals surface area (Å²) in [7, 11) is 0. The lowest BCUT2D eigenvalue weighted by Gasteiger charge is -2.35. The lowest BCUT2D eigenvalue weighted by molar-refractivity contribution is -0.140. The molecule has 2 aromatic rings. The molecule has 2 fully saturated rings. The maximum atomic E-state index is 12.8. The first kappa shape index (κ1) is 15.2. The van der Waals surface area contributed by atoms with Gasteiger partial charge in [-0.05, 0) is 37.8 Å². The van der Waals surface area contributed by atoms with Crippen LogP contribution in [0.5, 0.6) is 0 Å². The minimum atomic E-state index is -0.744. The molecule has 24 heavy (non-hydrogen) atoms. The number of piperidine rings is 1. The lowest BCUT2D eigenvalue weighted by atomic mass is 9.85. The predicted octanol–water partition coefficient (Wildman–Crippen LogP) is 3.35. The smallest absolute Gasteiger partial charge is 0.243 e. The fraction of sp³-hybridized carbons (Fsp3) is 0.526. The van der Waals surface area contributed by atoms with E-state index in [2.05, 4.69) is 11.1 Å². The van der Waals surface area contributed by atoms with E-state index >= 15 is 0 Å². The molecule has 4 rings (SSSR count). The van der Waals surface area contributed by atoms with Crippen molar-refractivity contribution in [2.75, 3.05) is 13.1 Å². The van der Waals surface area contributed by atoms with Crippen LogP contribution >= 0.6 is 0 Å². The first-order valence-corrected chi connectivity index (χ1v) is 8.87. The van der Waals surface area contributed by atoms with Crippen molar-refractivity contribution in [1.82, 2.24) is 14.9 Å². The second-order valence-electron chi connectivity index (χ2n) is 7.11. The number of carbonyl (C=O) groups excluding carboxylic acids is 1. The van der Waals surface area contributed by atoms with Gasteiger partial charge < -0.3 is 9.88 Å². The maximum absolute atomic E-state index is 12.8. The second-order valence-corrected chi connectivity index (χ2v) is 7.11. The van der Waals surface area contributed by atoms with Gasteiger partial charge in [0, 0.05) is 19.0 Å². The summed E-state index contributed by atoms with van der Waals surface area (Å²) in [6, 6.07) is 10.4. The van der Waals surface area contributed by atoms with Crippen molar-refractivity contribution in [2.24, 2.45) is 5.41 Å². The molecule has 0 spiro atoms. The molecule has 0 unspecified atom stereocenters. The quantitative estimate of drug-likeness (QED) is 0.921. The summed E-state index contributed by atoms with van der Waals surface area (Å²) < 4.78 is 0. The van der Waals surface area contributed by atoms with Crippen LogP contribution in [0.2, 0.25) is 0 Å². The van der Waals surface area contributed by atoms with Crippen LogP contribution in [0.4, 0.5) is 0 Å².